The molecular weight excluding hydrogens is 244 g/mol. The smallest absolute Gasteiger partial charge is 0.171 e. The van der Waals surface area contributed by atoms with Gasteiger partial charge >= 0.3 is 6.18 Å². The second kappa shape index (κ2) is 3.63. The van der Waals surface area contributed by atoms with Crippen molar-refractivity contribution in [3.8, 4) is 0 Å². The summed E-state index contributed by atoms with van der Waals surface area (Å²) < 4.78 is 34.2. The van der Waals surface area contributed by atoms with Crippen LogP contribution in [0.25, 0.3) is 0 Å². The summed E-state index contributed by atoms with van der Waals surface area (Å²) in [6, 6.07) is 0. The average Bonchev–Trinajstić information content (AvgIpc) is 1.62. The molecular formula is C5H8F3I. The zero-order chi connectivity index (χ0) is 7.49. The average molecular weight is 252 g/mol. The van der Waals surface area contributed by atoms with E-state index in [1.165, 1.54) is 0 Å². The Balaban J connectivity index is 3.47. The third-order valence-electron chi connectivity index (χ3n) is 0.896. The van der Waals surface area contributed by atoms with Gasteiger partial charge in [-0.1, -0.05) is 29.5 Å². The Kier molecular flexibility index (Phi) is 3.84. The zero-order valence-corrected chi connectivity index (χ0v) is 7.16. The van der Waals surface area contributed by atoms with E-state index in [4.69, 9.17) is 0 Å². The van der Waals surface area contributed by atoms with Gasteiger partial charge in [0, 0.05) is 3.92 Å². The summed E-state index contributed by atoms with van der Waals surface area (Å²) in [7, 11) is 0. The van der Waals surface area contributed by atoms with Crippen molar-refractivity contribution in [3.05, 3.63) is 0 Å². The van der Waals surface area contributed by atoms with Crippen molar-refractivity contribution in [3.63, 3.8) is 0 Å². The van der Waals surface area contributed by atoms with Crippen LogP contribution in [0.1, 0.15) is 19.8 Å². The molecule has 0 aromatic carbocycles. The number of halogens is 4. The molecule has 0 N–H and O–H groups in total. The Labute approximate surface area is 66.0 Å². The van der Waals surface area contributed by atoms with E-state index in [0.29, 0.717) is 6.42 Å². The van der Waals surface area contributed by atoms with Gasteiger partial charge < -0.3 is 0 Å². The molecule has 0 saturated heterocycles. The third-order valence-corrected chi connectivity index (χ3v) is 2.22. The lowest BCUT2D eigenvalue weighted by atomic mass is 10.2. The van der Waals surface area contributed by atoms with Gasteiger partial charge in [0.2, 0.25) is 0 Å². The molecule has 0 aliphatic rings. The summed E-state index contributed by atoms with van der Waals surface area (Å²) in [5, 5.41) is 0. The Bertz CT molecular complexity index is 78.8. The fourth-order valence-electron chi connectivity index (χ4n) is 0.395. The molecule has 0 rings (SSSR count). The number of rotatable bonds is 2. The molecule has 1 atom stereocenters. The summed E-state index contributed by atoms with van der Waals surface area (Å²) in [5.74, 6) is 0. The molecule has 0 aliphatic carbocycles. The second-order valence-corrected chi connectivity index (χ2v) is 3.59. The van der Waals surface area contributed by atoms with E-state index in [2.05, 4.69) is 0 Å². The summed E-state index contributed by atoms with van der Waals surface area (Å²) >= 11 is 1.81. The van der Waals surface area contributed by atoms with Crippen LogP contribution in [0.3, 0.4) is 0 Å². The highest BCUT2D eigenvalue weighted by molar-refractivity contribution is 14.1. The maximum atomic E-state index is 11.5. The molecule has 0 unspecified atom stereocenters. The molecule has 0 nitrogen and oxygen atoms in total. The lowest BCUT2D eigenvalue weighted by Gasteiger charge is -2.08. The molecule has 0 heterocycles. The highest BCUT2D eigenvalue weighted by atomic mass is 127. The van der Waals surface area contributed by atoms with E-state index < -0.39 is 12.6 Å². The van der Waals surface area contributed by atoms with Gasteiger partial charge in [-0.25, -0.2) is 0 Å². The zero-order valence-electron chi connectivity index (χ0n) is 5.00. The van der Waals surface area contributed by atoms with Gasteiger partial charge in [0.15, 0.2) is 0 Å². The molecule has 0 amide bonds. The first-order valence-corrected chi connectivity index (χ1v) is 3.91. The molecule has 56 valence electrons. The summed E-state index contributed by atoms with van der Waals surface area (Å²) in [5.41, 5.74) is 0. The van der Waals surface area contributed by atoms with Gasteiger partial charge in [0.05, 0.1) is 6.42 Å². The minimum Gasteiger partial charge on any atom is -0.171 e. The SMILES string of the molecule is CC[C@@H](I)CC(F)(F)F. The first-order chi connectivity index (χ1) is 3.95. The monoisotopic (exact) mass is 252 g/mol. The molecule has 0 saturated carbocycles. The molecule has 4 heteroatoms. The van der Waals surface area contributed by atoms with Gasteiger partial charge in [0.25, 0.3) is 0 Å². The Morgan fingerprint density at radius 1 is 1.44 bits per heavy atom. The fourth-order valence-corrected chi connectivity index (χ4v) is 0.895. The van der Waals surface area contributed by atoms with Crippen molar-refractivity contribution >= 4 is 22.6 Å². The lowest BCUT2D eigenvalue weighted by molar-refractivity contribution is -0.133. The van der Waals surface area contributed by atoms with E-state index in [0.717, 1.165) is 0 Å². The predicted octanol–water partition coefficient (Wildman–Crippen LogP) is 3.15. The van der Waals surface area contributed by atoms with Crippen molar-refractivity contribution in [2.45, 2.75) is 29.9 Å². The second-order valence-electron chi connectivity index (χ2n) is 1.82. The predicted molar refractivity (Wildman–Crippen MR) is 38.8 cm³/mol. The van der Waals surface area contributed by atoms with Crippen LogP contribution >= 0.6 is 22.6 Å². The number of hydrogen-bond acceptors (Lipinski definition) is 0. The van der Waals surface area contributed by atoms with E-state index in [-0.39, 0.29) is 3.92 Å². The minimum atomic E-state index is -3.98. The quantitative estimate of drug-likeness (QED) is 0.523. The Hall–Kier alpha value is 0.520. The number of hydrogen-bond donors (Lipinski definition) is 0. The Morgan fingerprint density at radius 3 is 2.00 bits per heavy atom. The lowest BCUT2D eigenvalue weighted by Crippen LogP contribution is -2.13. The topological polar surface area (TPSA) is 0 Å². The van der Waals surface area contributed by atoms with Gasteiger partial charge in [-0.3, -0.25) is 0 Å². The van der Waals surface area contributed by atoms with Gasteiger partial charge in [-0.15, -0.1) is 0 Å². The van der Waals surface area contributed by atoms with Crippen LogP contribution < -0.4 is 0 Å². The Morgan fingerprint density at radius 2 is 1.89 bits per heavy atom. The highest BCUT2D eigenvalue weighted by Crippen LogP contribution is 2.26. The molecule has 9 heavy (non-hydrogen) atoms. The van der Waals surface area contributed by atoms with E-state index >= 15 is 0 Å². The molecule has 0 bridgehead atoms. The highest BCUT2D eigenvalue weighted by Gasteiger charge is 2.29. The van der Waals surface area contributed by atoms with Crippen LogP contribution in [0.5, 0.6) is 0 Å². The molecule has 0 aliphatic heterocycles. The largest absolute Gasteiger partial charge is 0.390 e. The summed E-state index contributed by atoms with van der Waals surface area (Å²) in [4.78, 5) is 0. The van der Waals surface area contributed by atoms with Crippen molar-refractivity contribution in [1.29, 1.82) is 0 Å². The summed E-state index contributed by atoms with van der Waals surface area (Å²) in [6.07, 6.45) is -4.06. The minimum absolute atomic E-state index is 0.261. The van der Waals surface area contributed by atoms with Gasteiger partial charge in [-0.05, 0) is 6.42 Å². The van der Waals surface area contributed by atoms with E-state index in [1.807, 2.05) is 22.6 Å². The molecule has 0 aromatic heterocycles. The third kappa shape index (κ3) is 6.40. The van der Waals surface area contributed by atoms with E-state index in [1.54, 1.807) is 6.92 Å². The molecule has 0 aromatic rings. The van der Waals surface area contributed by atoms with E-state index in [9.17, 15) is 13.2 Å². The molecule has 0 spiro atoms. The normalized spacial score (nSPS) is 15.7. The molecule has 0 radical (unpaired) electrons. The standard InChI is InChI=1S/C5H8F3I/c1-2-4(9)3-5(6,7)8/h4H,2-3H2,1H3/t4-/m1/s1. The maximum Gasteiger partial charge on any atom is 0.390 e. The maximum absolute atomic E-state index is 11.5. The first kappa shape index (κ1) is 9.52. The first-order valence-electron chi connectivity index (χ1n) is 2.66. The van der Waals surface area contributed by atoms with Crippen LogP contribution in [0, 0.1) is 0 Å². The van der Waals surface area contributed by atoms with Gasteiger partial charge in [-0.2, -0.15) is 13.2 Å². The van der Waals surface area contributed by atoms with Crippen molar-refractivity contribution in [1.82, 2.24) is 0 Å². The van der Waals surface area contributed by atoms with Crippen LogP contribution in [-0.2, 0) is 0 Å². The molecule has 0 fully saturated rings. The van der Waals surface area contributed by atoms with Crippen LogP contribution in [-0.4, -0.2) is 10.1 Å². The number of alkyl halides is 4. The van der Waals surface area contributed by atoms with Crippen LogP contribution in [0.2, 0.25) is 0 Å². The van der Waals surface area contributed by atoms with Crippen molar-refractivity contribution < 1.29 is 13.2 Å². The summed E-state index contributed by atoms with van der Waals surface area (Å²) in [6.45, 7) is 1.75. The van der Waals surface area contributed by atoms with Crippen molar-refractivity contribution in [2.24, 2.45) is 0 Å². The van der Waals surface area contributed by atoms with Gasteiger partial charge in [0.1, 0.15) is 0 Å². The van der Waals surface area contributed by atoms with Crippen LogP contribution in [0.15, 0.2) is 0 Å². The van der Waals surface area contributed by atoms with Crippen molar-refractivity contribution in [2.75, 3.05) is 0 Å². The van der Waals surface area contributed by atoms with Crippen LogP contribution in [0.4, 0.5) is 13.2 Å². The fraction of sp³-hybridized carbons (Fsp3) is 1.00.